The molecule has 36 heavy (non-hydrogen) atoms. The summed E-state index contributed by atoms with van der Waals surface area (Å²) in [5.74, 6) is 1.50. The highest BCUT2D eigenvalue weighted by molar-refractivity contribution is 6.06. The van der Waals surface area contributed by atoms with Crippen molar-refractivity contribution in [3.8, 4) is 17.2 Å². The average molecular weight is 487 g/mol. The van der Waals surface area contributed by atoms with E-state index >= 15 is 0 Å². The fourth-order valence-electron chi connectivity index (χ4n) is 3.52. The molecule has 3 aromatic rings. The van der Waals surface area contributed by atoms with Crippen LogP contribution in [0.1, 0.15) is 61.7 Å². The zero-order valence-electron chi connectivity index (χ0n) is 22.0. The van der Waals surface area contributed by atoms with E-state index in [4.69, 9.17) is 14.2 Å². The van der Waals surface area contributed by atoms with Crippen LogP contribution >= 0.6 is 0 Å². The summed E-state index contributed by atoms with van der Waals surface area (Å²) in [6, 6.07) is 20.4. The van der Waals surface area contributed by atoms with Crippen molar-refractivity contribution in [1.82, 2.24) is 0 Å². The lowest BCUT2D eigenvalue weighted by Gasteiger charge is -2.30. The molecular weight excluding hydrogens is 452 g/mol. The van der Waals surface area contributed by atoms with Crippen molar-refractivity contribution in [3.05, 3.63) is 95.1 Å². The van der Waals surface area contributed by atoms with Crippen molar-refractivity contribution in [2.24, 2.45) is 0 Å². The molecule has 0 saturated heterocycles. The van der Waals surface area contributed by atoms with Gasteiger partial charge in [0.05, 0.1) is 0 Å². The summed E-state index contributed by atoms with van der Waals surface area (Å²) in [5.41, 5.74) is 1.41. The Hall–Kier alpha value is -3.86. The molecule has 5 heteroatoms. The lowest BCUT2D eigenvalue weighted by Crippen LogP contribution is -2.43. The molecule has 0 saturated carbocycles. The number of rotatable bonds is 8. The second kappa shape index (κ2) is 10.8. The SMILES string of the molecule is Cc1cc(C=CC(=O)c2ccc(Oc3ccccc3)cc2)cc(C)c1OC(C)(C)C(=O)OC(C)(C)C. The predicted octanol–water partition coefficient (Wildman–Crippen LogP) is 7.49. The van der Waals surface area contributed by atoms with Gasteiger partial charge < -0.3 is 14.2 Å². The maximum absolute atomic E-state index is 12.7. The lowest BCUT2D eigenvalue weighted by atomic mass is 10.0. The van der Waals surface area contributed by atoms with Crippen molar-refractivity contribution < 1.29 is 23.8 Å². The van der Waals surface area contributed by atoms with E-state index in [9.17, 15) is 9.59 Å². The molecule has 0 fully saturated rings. The summed E-state index contributed by atoms with van der Waals surface area (Å²) in [4.78, 5) is 25.3. The Bertz CT molecular complexity index is 1220. The molecule has 0 aliphatic carbocycles. The molecule has 0 atom stereocenters. The van der Waals surface area contributed by atoms with E-state index in [2.05, 4.69) is 0 Å². The molecule has 0 aromatic heterocycles. The Kier molecular flexibility index (Phi) is 8.03. The first-order chi connectivity index (χ1) is 16.8. The molecule has 0 aliphatic heterocycles. The molecular formula is C31H34O5. The number of carbonyl (C=O) groups is 2. The second-order valence-corrected chi connectivity index (χ2v) is 10.2. The summed E-state index contributed by atoms with van der Waals surface area (Å²) >= 11 is 0. The van der Waals surface area contributed by atoms with Gasteiger partial charge in [-0.25, -0.2) is 4.79 Å². The van der Waals surface area contributed by atoms with Crippen LogP contribution in [-0.2, 0) is 9.53 Å². The molecule has 0 unspecified atom stereocenters. The molecule has 0 heterocycles. The number of carbonyl (C=O) groups excluding carboxylic acids is 2. The number of allylic oxidation sites excluding steroid dienone is 1. The summed E-state index contributed by atoms with van der Waals surface area (Å²) < 4.78 is 17.4. The van der Waals surface area contributed by atoms with Crippen LogP contribution in [0.2, 0.25) is 0 Å². The number of ether oxygens (including phenoxy) is 3. The molecule has 0 N–H and O–H groups in total. The molecule has 3 aromatic carbocycles. The highest BCUT2D eigenvalue weighted by Gasteiger charge is 2.35. The molecule has 0 aliphatic rings. The van der Waals surface area contributed by atoms with Crippen LogP contribution in [0.5, 0.6) is 17.2 Å². The molecule has 0 amide bonds. The first kappa shape index (κ1) is 26.7. The summed E-state index contributed by atoms with van der Waals surface area (Å²) in [6.07, 6.45) is 3.33. The Labute approximate surface area is 213 Å². The van der Waals surface area contributed by atoms with Crippen molar-refractivity contribution >= 4 is 17.8 Å². The molecule has 5 nitrogen and oxygen atoms in total. The number of esters is 1. The van der Waals surface area contributed by atoms with E-state index in [1.54, 1.807) is 50.3 Å². The number of aryl methyl sites for hydroxylation is 2. The topological polar surface area (TPSA) is 61.8 Å². The largest absolute Gasteiger partial charge is 0.476 e. The van der Waals surface area contributed by atoms with E-state index in [0.717, 1.165) is 22.4 Å². The fraction of sp³-hybridized carbons (Fsp3) is 0.290. The third-order valence-electron chi connectivity index (χ3n) is 5.28. The number of benzene rings is 3. The number of para-hydroxylation sites is 1. The third kappa shape index (κ3) is 7.32. The van der Waals surface area contributed by atoms with Crippen LogP contribution in [0, 0.1) is 13.8 Å². The van der Waals surface area contributed by atoms with E-state index in [0.29, 0.717) is 17.1 Å². The van der Waals surface area contributed by atoms with Crippen LogP contribution in [-0.4, -0.2) is 23.0 Å². The molecule has 3 rings (SSSR count). The molecule has 188 valence electrons. The highest BCUT2D eigenvalue weighted by Crippen LogP contribution is 2.30. The Morgan fingerprint density at radius 2 is 1.33 bits per heavy atom. The predicted molar refractivity (Wildman–Crippen MR) is 143 cm³/mol. The number of hydrogen-bond donors (Lipinski definition) is 0. The van der Waals surface area contributed by atoms with Gasteiger partial charge in [-0.3, -0.25) is 4.79 Å². The van der Waals surface area contributed by atoms with Gasteiger partial charge in [-0.1, -0.05) is 24.3 Å². The van der Waals surface area contributed by atoms with Gasteiger partial charge in [0.15, 0.2) is 11.4 Å². The minimum absolute atomic E-state index is 0.108. The molecule has 0 bridgehead atoms. The van der Waals surface area contributed by atoms with Gasteiger partial charge in [-0.15, -0.1) is 0 Å². The summed E-state index contributed by atoms with van der Waals surface area (Å²) in [7, 11) is 0. The molecule has 0 spiro atoms. The summed E-state index contributed by atoms with van der Waals surface area (Å²) in [5, 5.41) is 0. The fourth-order valence-corrected chi connectivity index (χ4v) is 3.52. The van der Waals surface area contributed by atoms with Crippen LogP contribution in [0.25, 0.3) is 6.08 Å². The van der Waals surface area contributed by atoms with Crippen LogP contribution in [0.4, 0.5) is 0 Å². The smallest absolute Gasteiger partial charge is 0.350 e. The van der Waals surface area contributed by atoms with Gasteiger partial charge in [0.25, 0.3) is 0 Å². The minimum atomic E-state index is -1.15. The first-order valence-electron chi connectivity index (χ1n) is 11.9. The number of ketones is 1. The van der Waals surface area contributed by atoms with Crippen LogP contribution < -0.4 is 9.47 Å². The first-order valence-corrected chi connectivity index (χ1v) is 11.9. The maximum atomic E-state index is 12.7. The van der Waals surface area contributed by atoms with Gasteiger partial charge >= 0.3 is 5.97 Å². The standard InChI is InChI=1S/C31H34O5/c1-21-19-23(20-22(2)28(21)35-31(6,7)29(33)36-30(3,4)5)13-18-27(32)24-14-16-26(17-15-24)34-25-11-9-8-10-12-25/h8-20H,1-7H3. The van der Waals surface area contributed by atoms with Crippen molar-refractivity contribution in [3.63, 3.8) is 0 Å². The van der Waals surface area contributed by atoms with Crippen molar-refractivity contribution in [1.29, 1.82) is 0 Å². The normalized spacial score (nSPS) is 11.9. The van der Waals surface area contributed by atoms with Crippen molar-refractivity contribution in [2.75, 3.05) is 0 Å². The van der Waals surface area contributed by atoms with Crippen LogP contribution in [0.15, 0.2) is 72.8 Å². The third-order valence-corrected chi connectivity index (χ3v) is 5.28. The van der Waals surface area contributed by atoms with Crippen molar-refractivity contribution in [2.45, 2.75) is 59.7 Å². The van der Waals surface area contributed by atoms with Gasteiger partial charge in [-0.05, 0) is 120 Å². The van der Waals surface area contributed by atoms with Crippen LogP contribution in [0.3, 0.4) is 0 Å². The van der Waals surface area contributed by atoms with Gasteiger partial charge in [0.1, 0.15) is 22.8 Å². The number of hydrogen-bond acceptors (Lipinski definition) is 5. The summed E-state index contributed by atoms with van der Waals surface area (Å²) in [6.45, 7) is 12.7. The Morgan fingerprint density at radius 1 is 0.778 bits per heavy atom. The quantitative estimate of drug-likeness (QED) is 0.187. The Balaban J connectivity index is 1.69. The Morgan fingerprint density at radius 3 is 1.89 bits per heavy atom. The minimum Gasteiger partial charge on any atom is -0.476 e. The van der Waals surface area contributed by atoms with E-state index in [1.165, 1.54) is 0 Å². The zero-order chi connectivity index (χ0) is 26.5. The zero-order valence-corrected chi connectivity index (χ0v) is 22.0. The van der Waals surface area contributed by atoms with E-state index in [1.807, 2.05) is 77.1 Å². The van der Waals surface area contributed by atoms with E-state index < -0.39 is 17.2 Å². The van der Waals surface area contributed by atoms with Gasteiger partial charge in [-0.2, -0.15) is 0 Å². The maximum Gasteiger partial charge on any atom is 0.350 e. The van der Waals surface area contributed by atoms with Gasteiger partial charge in [0.2, 0.25) is 0 Å². The molecule has 0 radical (unpaired) electrons. The average Bonchev–Trinajstić information content (AvgIpc) is 2.80. The van der Waals surface area contributed by atoms with E-state index in [-0.39, 0.29) is 5.78 Å². The lowest BCUT2D eigenvalue weighted by molar-refractivity contribution is -0.171. The monoisotopic (exact) mass is 486 g/mol. The van der Waals surface area contributed by atoms with Gasteiger partial charge in [0, 0.05) is 5.56 Å². The highest BCUT2D eigenvalue weighted by atomic mass is 16.6. The second-order valence-electron chi connectivity index (χ2n) is 10.2.